The van der Waals surface area contributed by atoms with Crippen LogP contribution in [0.1, 0.15) is 0 Å². The molecule has 0 nitrogen and oxygen atoms in total. The first-order valence-electron chi connectivity index (χ1n) is 5.43. The predicted molar refractivity (Wildman–Crippen MR) is 95.5 cm³/mol. The van der Waals surface area contributed by atoms with Crippen molar-refractivity contribution >= 4 is 82.5 Å². The van der Waals surface area contributed by atoms with Crippen molar-refractivity contribution in [2.24, 2.45) is 0 Å². The number of hydrogen-bond acceptors (Lipinski definition) is 0. The Balaban J connectivity index is 2.64. The normalized spacial score (nSPS) is 11.3. The summed E-state index contributed by atoms with van der Waals surface area (Å²) < 4.78 is 2.22. The van der Waals surface area contributed by atoms with Crippen LogP contribution in [0.4, 0.5) is 0 Å². The third-order valence-electron chi connectivity index (χ3n) is 3.12. The van der Waals surface area contributed by atoms with E-state index in [-0.39, 0.29) is 0 Å². The SMILES string of the molecule is Pc1c(P)c2ccc(Br)cc2c2cc(Br)ccc12. The molecule has 3 aromatic carbocycles. The first-order chi connectivity index (χ1) is 8.58. The summed E-state index contributed by atoms with van der Waals surface area (Å²) in [5.74, 6) is 0. The van der Waals surface area contributed by atoms with Gasteiger partial charge in [-0.1, -0.05) is 44.0 Å². The number of fused-ring (bicyclic) bond motifs is 3. The Morgan fingerprint density at radius 1 is 0.611 bits per heavy atom. The molecule has 0 amide bonds. The lowest BCUT2D eigenvalue weighted by molar-refractivity contribution is 1.72. The molecular formula is C14H10Br2P2. The van der Waals surface area contributed by atoms with Gasteiger partial charge in [0.1, 0.15) is 0 Å². The molecule has 0 aliphatic carbocycles. The first kappa shape index (κ1) is 13.0. The van der Waals surface area contributed by atoms with Crippen LogP contribution in [-0.2, 0) is 0 Å². The third kappa shape index (κ3) is 2.04. The van der Waals surface area contributed by atoms with Crippen molar-refractivity contribution in [1.82, 2.24) is 0 Å². The topological polar surface area (TPSA) is 0 Å². The first-order valence-corrected chi connectivity index (χ1v) is 8.17. The maximum atomic E-state index is 3.56. The molecule has 3 aromatic rings. The molecule has 2 atom stereocenters. The molecule has 2 unspecified atom stereocenters. The van der Waals surface area contributed by atoms with E-state index in [1.807, 2.05) is 0 Å². The lowest BCUT2D eigenvalue weighted by Gasteiger charge is -2.12. The van der Waals surface area contributed by atoms with E-state index in [1.165, 1.54) is 32.2 Å². The maximum Gasteiger partial charge on any atom is 0.0181 e. The Hall–Kier alpha value is -0.000000000000000111. The highest BCUT2D eigenvalue weighted by Crippen LogP contribution is 2.29. The molecule has 0 fully saturated rings. The van der Waals surface area contributed by atoms with Gasteiger partial charge >= 0.3 is 0 Å². The zero-order chi connectivity index (χ0) is 12.9. The smallest absolute Gasteiger partial charge is 0.0181 e. The monoisotopic (exact) mass is 398 g/mol. The number of halogens is 2. The minimum Gasteiger partial charge on any atom is -0.104 e. The maximum absolute atomic E-state index is 3.56. The average Bonchev–Trinajstić information content (AvgIpc) is 2.36. The molecule has 0 aliphatic heterocycles. The summed E-state index contributed by atoms with van der Waals surface area (Å²) in [6.07, 6.45) is 0. The zero-order valence-electron chi connectivity index (χ0n) is 9.37. The standard InChI is InChI=1S/C14H10Br2P2/c15-7-1-3-9-11(5-7)12-6-8(16)2-4-10(12)14(18)13(9)17/h1-6H,17-18H2. The zero-order valence-corrected chi connectivity index (χ0v) is 14.9. The Bertz CT molecular complexity index is 715. The van der Waals surface area contributed by atoms with E-state index in [9.17, 15) is 0 Å². The molecule has 0 heterocycles. The highest BCUT2D eigenvalue weighted by molar-refractivity contribution is 9.10. The Morgan fingerprint density at radius 2 is 1.00 bits per heavy atom. The van der Waals surface area contributed by atoms with Gasteiger partial charge in [0.05, 0.1) is 0 Å². The molecule has 4 heteroatoms. The summed E-state index contributed by atoms with van der Waals surface area (Å²) >= 11 is 7.11. The number of rotatable bonds is 0. The van der Waals surface area contributed by atoms with Crippen LogP contribution in [0.2, 0.25) is 0 Å². The van der Waals surface area contributed by atoms with Gasteiger partial charge in [0.25, 0.3) is 0 Å². The Morgan fingerprint density at radius 3 is 1.39 bits per heavy atom. The van der Waals surface area contributed by atoms with Crippen LogP contribution in [0, 0.1) is 0 Å². The van der Waals surface area contributed by atoms with Crippen molar-refractivity contribution in [2.45, 2.75) is 0 Å². The van der Waals surface area contributed by atoms with E-state index in [0.717, 1.165) is 8.95 Å². The van der Waals surface area contributed by atoms with Crippen molar-refractivity contribution in [2.75, 3.05) is 0 Å². The van der Waals surface area contributed by atoms with E-state index in [1.54, 1.807) is 0 Å². The van der Waals surface area contributed by atoms with Crippen LogP contribution in [0.15, 0.2) is 45.3 Å². The summed E-state index contributed by atoms with van der Waals surface area (Å²) in [7, 11) is 5.71. The molecule has 0 saturated carbocycles. The van der Waals surface area contributed by atoms with E-state index in [0.29, 0.717) is 0 Å². The highest BCUT2D eigenvalue weighted by Gasteiger charge is 2.09. The van der Waals surface area contributed by atoms with Crippen molar-refractivity contribution in [3.8, 4) is 0 Å². The van der Waals surface area contributed by atoms with Crippen molar-refractivity contribution in [3.05, 3.63) is 45.3 Å². The molecule has 0 radical (unpaired) electrons. The summed E-state index contributed by atoms with van der Waals surface area (Å²) in [6, 6.07) is 12.9. The van der Waals surface area contributed by atoms with Gasteiger partial charge in [0.2, 0.25) is 0 Å². The van der Waals surface area contributed by atoms with Gasteiger partial charge in [0.15, 0.2) is 0 Å². The summed E-state index contributed by atoms with van der Waals surface area (Å²) in [5, 5.41) is 7.60. The number of hydrogen-bond donors (Lipinski definition) is 0. The van der Waals surface area contributed by atoms with Gasteiger partial charge in [-0.15, -0.1) is 18.5 Å². The Labute approximate surface area is 127 Å². The van der Waals surface area contributed by atoms with E-state index in [2.05, 4.69) is 86.7 Å². The van der Waals surface area contributed by atoms with Gasteiger partial charge in [-0.25, -0.2) is 0 Å². The highest BCUT2D eigenvalue weighted by atomic mass is 79.9. The molecule has 0 spiro atoms. The fourth-order valence-electron chi connectivity index (χ4n) is 2.24. The molecular weight excluding hydrogens is 390 g/mol. The van der Waals surface area contributed by atoms with Gasteiger partial charge in [0, 0.05) is 8.95 Å². The van der Waals surface area contributed by atoms with Crippen molar-refractivity contribution < 1.29 is 0 Å². The summed E-state index contributed by atoms with van der Waals surface area (Å²) in [6.45, 7) is 0. The van der Waals surface area contributed by atoms with Crippen LogP contribution in [0.25, 0.3) is 21.5 Å². The summed E-state index contributed by atoms with van der Waals surface area (Å²) in [5.41, 5.74) is 0. The van der Waals surface area contributed by atoms with Crippen LogP contribution in [0.3, 0.4) is 0 Å². The molecule has 0 saturated heterocycles. The fourth-order valence-corrected chi connectivity index (χ4v) is 3.78. The Kier molecular flexibility index (Phi) is 3.49. The van der Waals surface area contributed by atoms with E-state index in [4.69, 9.17) is 0 Å². The quantitative estimate of drug-likeness (QED) is 0.385. The lowest BCUT2D eigenvalue weighted by atomic mass is 10.0. The van der Waals surface area contributed by atoms with Crippen LogP contribution >= 0.6 is 50.3 Å². The number of benzene rings is 3. The van der Waals surface area contributed by atoms with Crippen LogP contribution in [-0.4, -0.2) is 0 Å². The van der Waals surface area contributed by atoms with E-state index >= 15 is 0 Å². The molecule has 0 aliphatic rings. The molecule has 0 bridgehead atoms. The van der Waals surface area contributed by atoms with Crippen molar-refractivity contribution in [1.29, 1.82) is 0 Å². The second-order valence-electron chi connectivity index (χ2n) is 4.21. The minimum absolute atomic E-state index is 1.11. The molecule has 3 rings (SSSR count). The predicted octanol–water partition coefficient (Wildman–Crippen LogP) is 4.52. The molecule has 0 N–H and O–H groups in total. The van der Waals surface area contributed by atoms with Gasteiger partial charge < -0.3 is 0 Å². The second kappa shape index (κ2) is 4.84. The third-order valence-corrected chi connectivity index (χ3v) is 5.69. The van der Waals surface area contributed by atoms with E-state index < -0.39 is 0 Å². The molecule has 0 aromatic heterocycles. The van der Waals surface area contributed by atoms with Crippen LogP contribution in [0.5, 0.6) is 0 Å². The van der Waals surface area contributed by atoms with Gasteiger partial charge in [-0.3, -0.25) is 0 Å². The summed E-state index contributed by atoms with van der Waals surface area (Å²) in [4.78, 5) is 0. The van der Waals surface area contributed by atoms with Gasteiger partial charge in [-0.05, 0) is 56.4 Å². The van der Waals surface area contributed by atoms with Gasteiger partial charge in [-0.2, -0.15) is 0 Å². The average molecular weight is 400 g/mol. The van der Waals surface area contributed by atoms with Crippen LogP contribution < -0.4 is 10.6 Å². The largest absolute Gasteiger partial charge is 0.104 e. The fraction of sp³-hybridized carbons (Fsp3) is 0. The molecule has 90 valence electrons. The lowest BCUT2D eigenvalue weighted by Crippen LogP contribution is -2.13. The minimum atomic E-state index is 1.11. The molecule has 18 heavy (non-hydrogen) atoms. The second-order valence-corrected chi connectivity index (χ2v) is 7.19. The van der Waals surface area contributed by atoms with Crippen molar-refractivity contribution in [3.63, 3.8) is 0 Å².